The minimum atomic E-state index is -0.308. The van der Waals surface area contributed by atoms with Gasteiger partial charge in [0.25, 0.3) is 0 Å². The number of rotatable bonds is 18. The van der Waals surface area contributed by atoms with Gasteiger partial charge >= 0.3 is 11.9 Å². The molecule has 0 aliphatic rings. The lowest BCUT2D eigenvalue weighted by atomic mass is 10.0. The number of aryl methyl sites for hydroxylation is 1. The number of benzene rings is 1. The van der Waals surface area contributed by atoms with Crippen molar-refractivity contribution in [2.75, 3.05) is 0 Å². The van der Waals surface area contributed by atoms with E-state index in [1.165, 1.54) is 44.1 Å². The van der Waals surface area contributed by atoms with Crippen LogP contribution < -0.4 is 4.74 Å². The summed E-state index contributed by atoms with van der Waals surface area (Å²) >= 11 is 0. The molecule has 0 amide bonds. The minimum Gasteiger partial charge on any atom is -0.463 e. The van der Waals surface area contributed by atoms with Crippen LogP contribution in [-0.2, 0) is 20.7 Å². The summed E-state index contributed by atoms with van der Waals surface area (Å²) in [6, 6.07) is 8.20. The fourth-order valence-electron chi connectivity index (χ4n) is 3.98. The molecule has 0 saturated carbocycles. The average Bonchev–Trinajstić information content (AvgIpc) is 2.91. The molecule has 1 unspecified atom stereocenters. The van der Waals surface area contributed by atoms with Gasteiger partial charge < -0.3 is 9.47 Å². The Morgan fingerprint density at radius 2 is 1.57 bits per heavy atom. The van der Waals surface area contributed by atoms with Gasteiger partial charge in [-0.3, -0.25) is 9.59 Å². The topological polar surface area (TPSA) is 78.4 Å². The van der Waals surface area contributed by atoms with Gasteiger partial charge in [0.05, 0.1) is 24.9 Å². The van der Waals surface area contributed by atoms with Crippen molar-refractivity contribution in [3.05, 3.63) is 54.4 Å². The maximum atomic E-state index is 12.1. The van der Waals surface area contributed by atoms with E-state index in [9.17, 15) is 9.59 Å². The molecule has 0 fully saturated rings. The number of carbonyl (C=O) groups is 2. The van der Waals surface area contributed by atoms with Crippen molar-refractivity contribution in [1.82, 2.24) is 9.97 Å². The fraction of sp³-hybridized carbons (Fsp3) is 0.548. The molecule has 6 heteroatoms. The average molecular weight is 509 g/mol. The van der Waals surface area contributed by atoms with Crippen molar-refractivity contribution in [3.63, 3.8) is 0 Å². The van der Waals surface area contributed by atoms with Crippen LogP contribution in [-0.4, -0.2) is 28.0 Å². The second-order valence-corrected chi connectivity index (χ2v) is 9.55. The molecule has 0 aliphatic carbocycles. The number of carbonyl (C=O) groups excluding carboxylic acids is 2. The zero-order valence-corrected chi connectivity index (χ0v) is 22.9. The number of hydrogen-bond acceptors (Lipinski definition) is 6. The summed E-state index contributed by atoms with van der Waals surface area (Å²) in [6.45, 7) is 5.98. The molecular formula is C31H44N2O4. The van der Waals surface area contributed by atoms with Gasteiger partial charge in [0.1, 0.15) is 0 Å². The van der Waals surface area contributed by atoms with E-state index in [0.717, 1.165) is 37.7 Å². The van der Waals surface area contributed by atoms with Crippen LogP contribution in [0.25, 0.3) is 11.4 Å². The quantitative estimate of drug-likeness (QED) is 0.116. The third kappa shape index (κ3) is 13.2. The highest BCUT2D eigenvalue weighted by atomic mass is 16.5. The molecule has 1 aromatic heterocycles. The van der Waals surface area contributed by atoms with Crippen molar-refractivity contribution in [2.24, 2.45) is 0 Å². The van der Waals surface area contributed by atoms with Gasteiger partial charge in [0.2, 0.25) is 0 Å². The van der Waals surface area contributed by atoms with Crippen LogP contribution in [0.4, 0.5) is 0 Å². The Labute approximate surface area is 222 Å². The van der Waals surface area contributed by atoms with Crippen LogP contribution in [0.2, 0.25) is 0 Å². The highest BCUT2D eigenvalue weighted by Crippen LogP contribution is 2.19. The summed E-state index contributed by atoms with van der Waals surface area (Å²) < 4.78 is 10.7. The molecule has 0 radical (unpaired) electrons. The highest BCUT2D eigenvalue weighted by Gasteiger charge is 2.08. The summed E-state index contributed by atoms with van der Waals surface area (Å²) in [4.78, 5) is 32.1. The Hall–Kier alpha value is -3.02. The van der Waals surface area contributed by atoms with E-state index in [1.807, 2.05) is 32.1 Å². The Balaban J connectivity index is 1.67. The van der Waals surface area contributed by atoms with Crippen LogP contribution in [0, 0.1) is 0 Å². The van der Waals surface area contributed by atoms with E-state index < -0.39 is 0 Å². The van der Waals surface area contributed by atoms with Crippen molar-refractivity contribution >= 4 is 11.9 Å². The van der Waals surface area contributed by atoms with Crippen LogP contribution in [0.3, 0.4) is 0 Å². The molecule has 37 heavy (non-hydrogen) atoms. The number of esters is 2. The third-order valence-corrected chi connectivity index (χ3v) is 6.19. The molecule has 0 saturated heterocycles. The molecule has 202 valence electrons. The molecule has 2 rings (SSSR count). The summed E-state index contributed by atoms with van der Waals surface area (Å²) in [5.41, 5.74) is 2.16. The van der Waals surface area contributed by atoms with Crippen molar-refractivity contribution < 1.29 is 19.1 Å². The number of ether oxygens (including phenoxy) is 2. The lowest BCUT2D eigenvalue weighted by Crippen LogP contribution is -2.13. The lowest BCUT2D eigenvalue weighted by Gasteiger charge is -2.12. The van der Waals surface area contributed by atoms with Crippen molar-refractivity contribution in [1.29, 1.82) is 0 Å². The molecule has 0 spiro atoms. The maximum absolute atomic E-state index is 12.1. The van der Waals surface area contributed by atoms with E-state index in [4.69, 9.17) is 9.47 Å². The van der Waals surface area contributed by atoms with Gasteiger partial charge in [0, 0.05) is 12.0 Å². The lowest BCUT2D eigenvalue weighted by molar-refractivity contribution is -0.148. The van der Waals surface area contributed by atoms with E-state index in [0.29, 0.717) is 18.0 Å². The normalized spacial score (nSPS) is 12.0. The zero-order valence-electron chi connectivity index (χ0n) is 22.9. The van der Waals surface area contributed by atoms with Gasteiger partial charge in [0.15, 0.2) is 11.6 Å². The predicted molar refractivity (Wildman–Crippen MR) is 148 cm³/mol. The first kappa shape index (κ1) is 30.2. The first-order valence-corrected chi connectivity index (χ1v) is 14.0. The van der Waals surface area contributed by atoms with Crippen LogP contribution in [0.15, 0.2) is 48.8 Å². The largest absolute Gasteiger partial charge is 0.463 e. The van der Waals surface area contributed by atoms with Gasteiger partial charge in [-0.15, -0.1) is 0 Å². The molecule has 0 N–H and O–H groups in total. The molecular weight excluding hydrogens is 464 g/mol. The Bertz CT molecular complexity index is 939. The SMILES string of the molecule is CCCCCCCCC=CCC(=O)Oc1cnc(-c2ccc(CCCCC(C)OC(=O)CC)cc2)nc1. The van der Waals surface area contributed by atoms with E-state index >= 15 is 0 Å². The van der Waals surface area contributed by atoms with E-state index in [-0.39, 0.29) is 24.5 Å². The summed E-state index contributed by atoms with van der Waals surface area (Å²) in [5, 5.41) is 0. The molecule has 0 aliphatic heterocycles. The number of aromatic nitrogens is 2. The first-order chi connectivity index (χ1) is 18.0. The van der Waals surface area contributed by atoms with Gasteiger partial charge in [-0.25, -0.2) is 9.97 Å². The van der Waals surface area contributed by atoms with Crippen molar-refractivity contribution in [2.45, 2.75) is 110 Å². The molecule has 2 aromatic rings. The summed E-state index contributed by atoms with van der Waals surface area (Å²) in [7, 11) is 0. The monoisotopic (exact) mass is 508 g/mol. The molecule has 1 aromatic carbocycles. The smallest absolute Gasteiger partial charge is 0.315 e. The Morgan fingerprint density at radius 1 is 0.865 bits per heavy atom. The zero-order chi connectivity index (χ0) is 26.7. The van der Waals surface area contributed by atoms with E-state index in [1.54, 1.807) is 12.4 Å². The molecule has 1 heterocycles. The minimum absolute atomic E-state index is 0.0272. The molecule has 0 bridgehead atoms. The Morgan fingerprint density at radius 3 is 2.27 bits per heavy atom. The highest BCUT2D eigenvalue weighted by molar-refractivity contribution is 5.73. The third-order valence-electron chi connectivity index (χ3n) is 6.19. The Kier molecular flexibility index (Phi) is 14.9. The van der Waals surface area contributed by atoms with Gasteiger partial charge in [-0.2, -0.15) is 0 Å². The number of allylic oxidation sites excluding steroid dienone is 1. The fourth-order valence-corrected chi connectivity index (χ4v) is 3.98. The second-order valence-electron chi connectivity index (χ2n) is 9.55. The number of hydrogen-bond donors (Lipinski definition) is 0. The summed E-state index contributed by atoms with van der Waals surface area (Å²) in [6.07, 6.45) is 20.2. The van der Waals surface area contributed by atoms with E-state index in [2.05, 4.69) is 35.1 Å². The predicted octanol–water partition coefficient (Wildman–Crippen LogP) is 7.80. The maximum Gasteiger partial charge on any atom is 0.315 e. The van der Waals surface area contributed by atoms with Gasteiger partial charge in [-0.05, 0) is 51.0 Å². The van der Waals surface area contributed by atoms with Gasteiger partial charge in [-0.1, -0.05) is 82.4 Å². The molecule has 6 nitrogen and oxygen atoms in total. The summed E-state index contributed by atoms with van der Waals surface area (Å²) in [5.74, 6) is 0.505. The van der Waals surface area contributed by atoms with Crippen LogP contribution in [0.1, 0.15) is 103 Å². The van der Waals surface area contributed by atoms with Crippen molar-refractivity contribution in [3.8, 4) is 17.1 Å². The standard InChI is InChI=1S/C31H44N2O4/c1-4-6-7-8-9-10-11-12-13-18-30(35)37-28-23-32-31(33-24-28)27-21-19-26(20-22-27)17-15-14-16-25(3)36-29(34)5-2/h12-13,19-25H,4-11,14-18H2,1-3H3. The van der Waals surface area contributed by atoms with Crippen LogP contribution >= 0.6 is 0 Å². The second kappa shape index (κ2) is 18.3. The number of nitrogens with zero attached hydrogens (tertiary/aromatic N) is 2. The number of unbranched alkanes of at least 4 members (excludes halogenated alkanes) is 7. The molecule has 1 atom stereocenters. The first-order valence-electron chi connectivity index (χ1n) is 14.0. The van der Waals surface area contributed by atoms with Crippen LogP contribution in [0.5, 0.6) is 5.75 Å².